The molecule has 4 N–H and O–H groups in total. The van der Waals surface area contributed by atoms with Crippen LogP contribution in [-0.4, -0.2) is 22.5 Å². The molecule has 0 unspecified atom stereocenters. The van der Waals surface area contributed by atoms with Gasteiger partial charge in [-0.25, -0.2) is 9.78 Å². The minimum atomic E-state index is -0.722. The Hall–Kier alpha value is -2.34. The van der Waals surface area contributed by atoms with Gasteiger partial charge >= 0.3 is 6.03 Å². The summed E-state index contributed by atoms with van der Waals surface area (Å²) in [6, 6.07) is 6.71. The highest BCUT2D eigenvalue weighted by atomic mass is 35.5. The third-order valence-electron chi connectivity index (χ3n) is 3.04. The number of primary amides is 1. The summed E-state index contributed by atoms with van der Waals surface area (Å²) in [5, 5.41) is 7.52. The maximum Gasteiger partial charge on any atom is 0.319 e. The zero-order valence-corrected chi connectivity index (χ0v) is 13.1. The first kappa shape index (κ1) is 16.0. The molecule has 2 rings (SSSR count). The zero-order chi connectivity index (χ0) is 16.3. The first-order valence-electron chi connectivity index (χ1n) is 6.68. The van der Waals surface area contributed by atoms with Gasteiger partial charge in [0.2, 0.25) is 5.91 Å². The third kappa shape index (κ3) is 4.08. The Balaban J connectivity index is 2.10. The number of rotatable bonds is 4. The fourth-order valence-corrected chi connectivity index (χ4v) is 2.40. The van der Waals surface area contributed by atoms with Gasteiger partial charge in [-0.1, -0.05) is 11.6 Å². The summed E-state index contributed by atoms with van der Waals surface area (Å²) in [7, 11) is 0. The van der Waals surface area contributed by atoms with E-state index in [4.69, 9.17) is 17.3 Å². The van der Waals surface area contributed by atoms with Gasteiger partial charge in [-0.3, -0.25) is 4.79 Å². The van der Waals surface area contributed by atoms with Crippen molar-refractivity contribution in [1.82, 2.24) is 10.3 Å². The summed E-state index contributed by atoms with van der Waals surface area (Å²) < 4.78 is 0. The van der Waals surface area contributed by atoms with Crippen LogP contribution in [0.2, 0.25) is 5.15 Å². The first-order chi connectivity index (χ1) is 10.3. The molecular weight excluding hydrogens is 304 g/mol. The molecule has 1 aromatic carbocycles. The number of pyridine rings is 1. The number of aromatic nitrogens is 1. The van der Waals surface area contributed by atoms with E-state index >= 15 is 0 Å². The Morgan fingerprint density at radius 1 is 1.32 bits per heavy atom. The number of anilines is 1. The lowest BCUT2D eigenvalue weighted by Gasteiger charge is -2.24. The predicted octanol–water partition coefficient (Wildman–Crippen LogP) is 2.66. The van der Waals surface area contributed by atoms with E-state index in [0.717, 1.165) is 10.8 Å². The van der Waals surface area contributed by atoms with Gasteiger partial charge in [0.1, 0.15) is 5.15 Å². The van der Waals surface area contributed by atoms with E-state index in [-0.39, 0.29) is 6.42 Å². The van der Waals surface area contributed by atoms with Crippen molar-refractivity contribution in [2.45, 2.75) is 25.8 Å². The molecule has 116 valence electrons. The van der Waals surface area contributed by atoms with Crippen molar-refractivity contribution in [3.63, 3.8) is 0 Å². The van der Waals surface area contributed by atoms with Crippen molar-refractivity contribution in [2.24, 2.45) is 5.73 Å². The lowest BCUT2D eigenvalue weighted by molar-refractivity contribution is -0.119. The molecule has 0 spiro atoms. The van der Waals surface area contributed by atoms with Crippen LogP contribution in [0.1, 0.15) is 20.3 Å². The van der Waals surface area contributed by atoms with Crippen LogP contribution in [0.3, 0.4) is 0 Å². The molecule has 0 fully saturated rings. The highest BCUT2D eigenvalue weighted by Gasteiger charge is 2.22. The predicted molar refractivity (Wildman–Crippen MR) is 86.8 cm³/mol. The van der Waals surface area contributed by atoms with Gasteiger partial charge in [0.15, 0.2) is 0 Å². The number of urea groups is 1. The lowest BCUT2D eigenvalue weighted by atomic mass is 10.0. The van der Waals surface area contributed by atoms with E-state index < -0.39 is 17.5 Å². The Bertz CT molecular complexity index is 731. The molecule has 0 saturated heterocycles. The van der Waals surface area contributed by atoms with Gasteiger partial charge in [-0.05, 0) is 43.5 Å². The normalized spacial score (nSPS) is 11.2. The molecule has 0 aliphatic heterocycles. The van der Waals surface area contributed by atoms with E-state index in [2.05, 4.69) is 15.6 Å². The third-order valence-corrected chi connectivity index (χ3v) is 3.34. The summed E-state index contributed by atoms with van der Waals surface area (Å²) in [5.74, 6) is -0.474. The van der Waals surface area contributed by atoms with Crippen molar-refractivity contribution >= 4 is 40.0 Å². The Kier molecular flexibility index (Phi) is 4.51. The van der Waals surface area contributed by atoms with Crippen molar-refractivity contribution in [2.75, 3.05) is 5.32 Å². The van der Waals surface area contributed by atoms with E-state index in [0.29, 0.717) is 10.8 Å². The number of carbonyl (C=O) groups is 2. The maximum atomic E-state index is 12.0. The van der Waals surface area contributed by atoms with Crippen LogP contribution in [0, 0.1) is 0 Å². The van der Waals surface area contributed by atoms with Gasteiger partial charge in [0.05, 0.1) is 0 Å². The fraction of sp³-hybridized carbons (Fsp3) is 0.267. The van der Waals surface area contributed by atoms with Crippen LogP contribution in [0.4, 0.5) is 10.5 Å². The molecule has 6 nitrogen and oxygen atoms in total. The molecule has 2 aromatic rings. The Labute approximate surface area is 133 Å². The molecule has 22 heavy (non-hydrogen) atoms. The molecule has 0 radical (unpaired) electrons. The van der Waals surface area contributed by atoms with E-state index in [1.807, 2.05) is 0 Å². The zero-order valence-electron chi connectivity index (χ0n) is 12.3. The molecule has 1 heterocycles. The molecule has 0 saturated carbocycles. The summed E-state index contributed by atoms with van der Waals surface area (Å²) >= 11 is 6.00. The van der Waals surface area contributed by atoms with E-state index in [9.17, 15) is 9.59 Å². The molecule has 0 bridgehead atoms. The highest BCUT2D eigenvalue weighted by molar-refractivity contribution is 6.34. The van der Waals surface area contributed by atoms with Gasteiger partial charge in [-0.2, -0.15) is 0 Å². The number of amides is 3. The van der Waals surface area contributed by atoms with Crippen LogP contribution in [0.15, 0.2) is 30.5 Å². The molecule has 7 heteroatoms. The average Bonchev–Trinajstić information content (AvgIpc) is 2.36. The molecule has 0 aliphatic carbocycles. The number of nitrogens with two attached hydrogens (primary N) is 1. The first-order valence-corrected chi connectivity index (χ1v) is 7.06. The number of carbonyl (C=O) groups excluding carboxylic acids is 2. The SMILES string of the molecule is CC(C)(CC(N)=O)NC(=O)Nc1ccc2c(Cl)nccc2c1. The Morgan fingerprint density at radius 2 is 2.05 bits per heavy atom. The molecular formula is C15H17ClN4O2. The van der Waals surface area contributed by atoms with Crippen molar-refractivity contribution in [1.29, 1.82) is 0 Å². The van der Waals surface area contributed by atoms with Gasteiger partial charge in [0, 0.05) is 29.2 Å². The van der Waals surface area contributed by atoms with Gasteiger partial charge < -0.3 is 16.4 Å². The average molecular weight is 321 g/mol. The van der Waals surface area contributed by atoms with Crippen LogP contribution in [-0.2, 0) is 4.79 Å². The van der Waals surface area contributed by atoms with Crippen LogP contribution >= 0.6 is 11.6 Å². The number of hydrogen-bond donors (Lipinski definition) is 3. The second-order valence-corrected chi connectivity index (χ2v) is 6.00. The van der Waals surface area contributed by atoms with E-state index in [1.54, 1.807) is 44.3 Å². The quantitative estimate of drug-likeness (QED) is 0.755. The minimum Gasteiger partial charge on any atom is -0.370 e. The number of nitrogens with zero attached hydrogens (tertiary/aromatic N) is 1. The maximum absolute atomic E-state index is 12.0. The highest BCUT2D eigenvalue weighted by Crippen LogP contribution is 2.24. The summed E-state index contributed by atoms with van der Waals surface area (Å²) in [5.41, 5.74) is 5.05. The number of halogens is 1. The van der Waals surface area contributed by atoms with Crippen molar-refractivity contribution < 1.29 is 9.59 Å². The molecule has 0 atom stereocenters. The molecule has 1 aromatic heterocycles. The van der Waals surface area contributed by atoms with E-state index in [1.165, 1.54) is 0 Å². The number of nitrogens with one attached hydrogen (secondary N) is 2. The van der Waals surface area contributed by atoms with Crippen molar-refractivity contribution in [3.8, 4) is 0 Å². The summed E-state index contributed by atoms with van der Waals surface area (Å²) in [4.78, 5) is 27.0. The van der Waals surface area contributed by atoms with Crippen LogP contribution < -0.4 is 16.4 Å². The fourth-order valence-electron chi connectivity index (χ4n) is 2.17. The van der Waals surface area contributed by atoms with Crippen molar-refractivity contribution in [3.05, 3.63) is 35.6 Å². The molecule has 3 amide bonds. The minimum absolute atomic E-state index is 0.0550. The summed E-state index contributed by atoms with van der Waals surface area (Å²) in [6.45, 7) is 3.45. The Morgan fingerprint density at radius 3 is 2.73 bits per heavy atom. The van der Waals surface area contributed by atoms with Crippen LogP contribution in [0.25, 0.3) is 10.8 Å². The van der Waals surface area contributed by atoms with Gasteiger partial charge in [-0.15, -0.1) is 0 Å². The summed E-state index contributed by atoms with van der Waals surface area (Å²) in [6.07, 6.45) is 1.66. The standard InChI is InChI=1S/C15H17ClN4O2/c1-15(2,8-12(17)21)20-14(22)19-10-3-4-11-9(7-10)5-6-18-13(11)16/h3-7H,8H2,1-2H3,(H2,17,21)(H2,19,20,22). The molecule has 0 aliphatic rings. The smallest absolute Gasteiger partial charge is 0.319 e. The second kappa shape index (κ2) is 6.19. The number of hydrogen-bond acceptors (Lipinski definition) is 3. The monoisotopic (exact) mass is 320 g/mol. The topological polar surface area (TPSA) is 97.1 Å². The number of benzene rings is 1. The largest absolute Gasteiger partial charge is 0.370 e. The van der Waals surface area contributed by atoms with Gasteiger partial charge in [0.25, 0.3) is 0 Å². The number of fused-ring (bicyclic) bond motifs is 1. The van der Waals surface area contributed by atoms with Crippen LogP contribution in [0.5, 0.6) is 0 Å². The second-order valence-electron chi connectivity index (χ2n) is 5.64. The lowest BCUT2D eigenvalue weighted by Crippen LogP contribution is -2.47.